The number of nitrogens with zero attached hydrogens (tertiary/aromatic N) is 3. The highest BCUT2D eigenvalue weighted by molar-refractivity contribution is 5.89. The maximum absolute atomic E-state index is 12.5. The molecule has 2 fully saturated rings. The van der Waals surface area contributed by atoms with Crippen molar-refractivity contribution >= 4 is 17.7 Å². The number of anilines is 1. The number of carbonyl (C=O) groups is 2. The molecule has 1 aliphatic carbocycles. The van der Waals surface area contributed by atoms with Gasteiger partial charge in [0.25, 0.3) is 0 Å². The van der Waals surface area contributed by atoms with Crippen LogP contribution in [0.4, 0.5) is 5.82 Å². The van der Waals surface area contributed by atoms with Crippen molar-refractivity contribution in [3.05, 3.63) is 23.9 Å². The lowest BCUT2D eigenvalue weighted by atomic mass is 9.86. The zero-order chi connectivity index (χ0) is 18.4. The van der Waals surface area contributed by atoms with Crippen molar-refractivity contribution in [2.45, 2.75) is 45.4 Å². The van der Waals surface area contributed by atoms with Crippen molar-refractivity contribution in [1.29, 1.82) is 0 Å². The van der Waals surface area contributed by atoms with Gasteiger partial charge in [-0.3, -0.25) is 4.79 Å². The van der Waals surface area contributed by atoms with Gasteiger partial charge in [0.2, 0.25) is 5.91 Å². The van der Waals surface area contributed by atoms with E-state index in [-0.39, 0.29) is 5.97 Å². The molecule has 6 nitrogen and oxygen atoms in total. The number of pyridine rings is 1. The van der Waals surface area contributed by atoms with Gasteiger partial charge in [-0.2, -0.15) is 0 Å². The van der Waals surface area contributed by atoms with Crippen LogP contribution < -0.4 is 4.90 Å². The van der Waals surface area contributed by atoms with Crippen LogP contribution in [0.3, 0.4) is 0 Å². The third kappa shape index (κ3) is 4.74. The average molecular weight is 359 g/mol. The van der Waals surface area contributed by atoms with E-state index in [1.54, 1.807) is 19.2 Å². The molecule has 2 aliphatic rings. The molecular formula is C20H29N3O3. The molecule has 1 saturated carbocycles. The maximum Gasteiger partial charge on any atom is 0.339 e. The van der Waals surface area contributed by atoms with E-state index in [1.165, 1.54) is 32.1 Å². The molecule has 0 radical (unpaired) electrons. The average Bonchev–Trinajstić information content (AvgIpc) is 2.69. The SMILES string of the molecule is CCOC(=O)c1ccc(N2CCN(C(=O)CC3CCCCC3)CC2)nc1. The summed E-state index contributed by atoms with van der Waals surface area (Å²) < 4.78 is 4.98. The first kappa shape index (κ1) is 18.7. The summed E-state index contributed by atoms with van der Waals surface area (Å²) in [6.07, 6.45) is 8.58. The minimum atomic E-state index is -0.343. The predicted octanol–water partition coefficient (Wildman–Crippen LogP) is 2.88. The summed E-state index contributed by atoms with van der Waals surface area (Å²) in [6, 6.07) is 3.60. The zero-order valence-corrected chi connectivity index (χ0v) is 15.7. The Morgan fingerprint density at radius 3 is 2.46 bits per heavy atom. The second kappa shape index (κ2) is 9.01. The number of amides is 1. The van der Waals surface area contributed by atoms with Crippen molar-refractivity contribution in [2.75, 3.05) is 37.7 Å². The first-order valence-corrected chi connectivity index (χ1v) is 9.83. The van der Waals surface area contributed by atoms with Gasteiger partial charge >= 0.3 is 5.97 Å². The van der Waals surface area contributed by atoms with Gasteiger partial charge < -0.3 is 14.5 Å². The number of hydrogen-bond acceptors (Lipinski definition) is 5. The van der Waals surface area contributed by atoms with E-state index in [1.807, 2.05) is 11.0 Å². The number of piperazine rings is 1. The Bertz CT molecular complexity index is 603. The second-order valence-corrected chi connectivity index (χ2v) is 7.20. The van der Waals surface area contributed by atoms with Crippen LogP contribution in [0.25, 0.3) is 0 Å². The summed E-state index contributed by atoms with van der Waals surface area (Å²) in [7, 11) is 0. The Morgan fingerprint density at radius 2 is 1.85 bits per heavy atom. The number of ether oxygens (including phenoxy) is 1. The number of rotatable bonds is 5. The predicted molar refractivity (Wildman–Crippen MR) is 100 cm³/mol. The van der Waals surface area contributed by atoms with E-state index >= 15 is 0 Å². The molecule has 1 aliphatic heterocycles. The largest absolute Gasteiger partial charge is 0.462 e. The van der Waals surface area contributed by atoms with Crippen LogP contribution in [-0.2, 0) is 9.53 Å². The first-order chi connectivity index (χ1) is 12.7. The Labute approximate surface area is 155 Å². The fourth-order valence-corrected chi connectivity index (χ4v) is 3.86. The molecule has 0 bridgehead atoms. The molecule has 0 unspecified atom stereocenters. The summed E-state index contributed by atoms with van der Waals surface area (Å²) in [5.74, 6) is 1.40. The highest BCUT2D eigenvalue weighted by Gasteiger charge is 2.25. The topological polar surface area (TPSA) is 62.7 Å². The second-order valence-electron chi connectivity index (χ2n) is 7.20. The third-order valence-corrected chi connectivity index (χ3v) is 5.40. The molecular weight excluding hydrogens is 330 g/mol. The van der Waals surface area contributed by atoms with Gasteiger partial charge in [-0.15, -0.1) is 0 Å². The van der Waals surface area contributed by atoms with Crippen LogP contribution in [0, 0.1) is 5.92 Å². The van der Waals surface area contributed by atoms with Crippen molar-refractivity contribution in [2.24, 2.45) is 5.92 Å². The lowest BCUT2D eigenvalue weighted by Crippen LogP contribution is -2.49. The lowest BCUT2D eigenvalue weighted by molar-refractivity contribution is -0.132. The minimum Gasteiger partial charge on any atom is -0.462 e. The smallest absolute Gasteiger partial charge is 0.339 e. The van der Waals surface area contributed by atoms with Crippen molar-refractivity contribution < 1.29 is 14.3 Å². The maximum atomic E-state index is 12.5. The van der Waals surface area contributed by atoms with Gasteiger partial charge in [-0.1, -0.05) is 19.3 Å². The number of carbonyl (C=O) groups excluding carboxylic acids is 2. The Hall–Kier alpha value is -2.11. The van der Waals surface area contributed by atoms with Crippen LogP contribution in [0.2, 0.25) is 0 Å². The van der Waals surface area contributed by atoms with Gasteiger partial charge in [0, 0.05) is 38.8 Å². The van der Waals surface area contributed by atoms with E-state index in [0.717, 1.165) is 32.0 Å². The van der Waals surface area contributed by atoms with Gasteiger partial charge in [0.05, 0.1) is 12.2 Å². The molecule has 3 rings (SSSR count). The number of hydrogen-bond donors (Lipinski definition) is 0. The quantitative estimate of drug-likeness (QED) is 0.757. The summed E-state index contributed by atoms with van der Waals surface area (Å²) in [4.78, 5) is 32.8. The number of aromatic nitrogens is 1. The molecule has 0 spiro atoms. The molecule has 1 saturated heterocycles. The van der Waals surface area contributed by atoms with E-state index in [0.29, 0.717) is 30.4 Å². The van der Waals surface area contributed by atoms with Crippen molar-refractivity contribution in [3.8, 4) is 0 Å². The minimum absolute atomic E-state index is 0.308. The molecule has 2 heterocycles. The highest BCUT2D eigenvalue weighted by atomic mass is 16.5. The Balaban J connectivity index is 1.48. The third-order valence-electron chi connectivity index (χ3n) is 5.40. The van der Waals surface area contributed by atoms with E-state index < -0.39 is 0 Å². The van der Waals surface area contributed by atoms with Crippen LogP contribution in [0.5, 0.6) is 0 Å². The van der Waals surface area contributed by atoms with Gasteiger partial charge in [0.15, 0.2) is 0 Å². The summed E-state index contributed by atoms with van der Waals surface area (Å²) in [5, 5.41) is 0. The number of esters is 1. The standard InChI is InChI=1S/C20H29N3O3/c1-2-26-20(25)17-8-9-18(21-15-17)22-10-12-23(13-11-22)19(24)14-16-6-4-3-5-7-16/h8-9,15-16H,2-7,10-14H2,1H3. The molecule has 1 aromatic heterocycles. The molecule has 0 atom stereocenters. The molecule has 0 N–H and O–H groups in total. The Morgan fingerprint density at radius 1 is 1.12 bits per heavy atom. The molecule has 0 aromatic carbocycles. The van der Waals surface area contributed by atoms with Crippen molar-refractivity contribution in [1.82, 2.24) is 9.88 Å². The molecule has 1 amide bonds. The fraction of sp³-hybridized carbons (Fsp3) is 0.650. The highest BCUT2D eigenvalue weighted by Crippen LogP contribution is 2.27. The summed E-state index contributed by atoms with van der Waals surface area (Å²) in [5.41, 5.74) is 0.469. The zero-order valence-electron chi connectivity index (χ0n) is 15.7. The first-order valence-electron chi connectivity index (χ1n) is 9.83. The van der Waals surface area contributed by atoms with Crippen LogP contribution >= 0.6 is 0 Å². The molecule has 6 heteroatoms. The van der Waals surface area contributed by atoms with Crippen LogP contribution in [0.1, 0.15) is 55.8 Å². The summed E-state index contributed by atoms with van der Waals surface area (Å²) in [6.45, 7) is 5.19. The van der Waals surface area contributed by atoms with Gasteiger partial charge in [0.1, 0.15) is 5.82 Å². The molecule has 142 valence electrons. The van der Waals surface area contributed by atoms with Gasteiger partial charge in [-0.25, -0.2) is 9.78 Å². The summed E-state index contributed by atoms with van der Waals surface area (Å²) >= 11 is 0. The Kier molecular flexibility index (Phi) is 6.47. The fourth-order valence-electron chi connectivity index (χ4n) is 3.86. The van der Waals surface area contributed by atoms with Crippen molar-refractivity contribution in [3.63, 3.8) is 0 Å². The lowest BCUT2D eigenvalue weighted by Gasteiger charge is -2.36. The monoisotopic (exact) mass is 359 g/mol. The van der Waals surface area contributed by atoms with E-state index in [4.69, 9.17) is 4.74 Å². The van der Waals surface area contributed by atoms with E-state index in [9.17, 15) is 9.59 Å². The van der Waals surface area contributed by atoms with Crippen LogP contribution in [0.15, 0.2) is 18.3 Å². The molecule has 26 heavy (non-hydrogen) atoms. The normalized spacial score (nSPS) is 18.7. The van der Waals surface area contributed by atoms with E-state index in [2.05, 4.69) is 9.88 Å². The molecule has 1 aromatic rings. The van der Waals surface area contributed by atoms with Crippen LogP contribution in [-0.4, -0.2) is 54.5 Å². The van der Waals surface area contributed by atoms with Gasteiger partial charge in [-0.05, 0) is 37.8 Å².